The van der Waals surface area contributed by atoms with Crippen molar-refractivity contribution >= 4 is 17.3 Å². The number of para-hydroxylation sites is 1. The van der Waals surface area contributed by atoms with Crippen molar-refractivity contribution in [1.82, 2.24) is 5.32 Å². The minimum atomic E-state index is 0.619. The Morgan fingerprint density at radius 3 is 3.05 bits per heavy atom. The molecule has 0 amide bonds. The second-order valence-electron chi connectivity index (χ2n) is 5.08. The first-order valence-electron chi connectivity index (χ1n) is 6.98. The van der Waals surface area contributed by atoms with Gasteiger partial charge < -0.3 is 15.0 Å². The van der Waals surface area contributed by atoms with Crippen molar-refractivity contribution in [2.24, 2.45) is 5.92 Å². The molecule has 0 aromatic heterocycles. The van der Waals surface area contributed by atoms with E-state index in [0.717, 1.165) is 37.8 Å². The lowest BCUT2D eigenvalue weighted by Crippen LogP contribution is -2.24. The number of nitrogens with zero attached hydrogens (tertiary/aromatic N) is 1. The highest BCUT2D eigenvalue weighted by Gasteiger charge is 2.25. The molecule has 0 aliphatic carbocycles. The Labute approximate surface area is 120 Å². The lowest BCUT2D eigenvalue weighted by atomic mass is 10.1. The van der Waals surface area contributed by atoms with Crippen molar-refractivity contribution < 1.29 is 4.74 Å². The molecule has 1 N–H and O–H groups in total. The molecule has 1 aromatic carbocycles. The molecule has 3 nitrogen and oxygen atoms in total. The molecular formula is C15H23ClN2O. The summed E-state index contributed by atoms with van der Waals surface area (Å²) in [4.78, 5) is 2.40. The number of ether oxygens (including phenoxy) is 1. The minimum Gasteiger partial charge on any atom is -0.384 e. The summed E-state index contributed by atoms with van der Waals surface area (Å²) in [6, 6.07) is 6.17. The SMILES string of the molecule is CCNCc1cccc(Cl)c1N1CCC(COC)C1. The van der Waals surface area contributed by atoms with Gasteiger partial charge >= 0.3 is 0 Å². The fraction of sp³-hybridized carbons (Fsp3) is 0.600. The average molecular weight is 283 g/mol. The molecule has 0 spiro atoms. The quantitative estimate of drug-likeness (QED) is 0.868. The van der Waals surface area contributed by atoms with Crippen LogP contribution in [0.5, 0.6) is 0 Å². The zero-order chi connectivity index (χ0) is 13.7. The van der Waals surface area contributed by atoms with Crippen molar-refractivity contribution in [2.75, 3.05) is 38.3 Å². The number of nitrogens with one attached hydrogen (secondary N) is 1. The van der Waals surface area contributed by atoms with Crippen molar-refractivity contribution in [3.63, 3.8) is 0 Å². The molecule has 0 bridgehead atoms. The highest BCUT2D eigenvalue weighted by molar-refractivity contribution is 6.33. The molecule has 106 valence electrons. The largest absolute Gasteiger partial charge is 0.384 e. The Bertz CT molecular complexity index is 411. The van der Waals surface area contributed by atoms with Gasteiger partial charge in [-0.05, 0) is 24.6 Å². The molecule has 4 heteroatoms. The summed E-state index contributed by atoms with van der Waals surface area (Å²) >= 11 is 6.41. The molecule has 1 atom stereocenters. The highest BCUT2D eigenvalue weighted by Crippen LogP contribution is 2.33. The van der Waals surface area contributed by atoms with Gasteiger partial charge in [0.25, 0.3) is 0 Å². The lowest BCUT2D eigenvalue weighted by Gasteiger charge is -2.23. The standard InChI is InChI=1S/C15H23ClN2O/c1-3-17-9-13-5-4-6-14(16)15(13)18-8-7-12(10-18)11-19-2/h4-6,12,17H,3,7-11H2,1-2H3. The van der Waals surface area contributed by atoms with Gasteiger partial charge in [0.1, 0.15) is 0 Å². The van der Waals surface area contributed by atoms with E-state index in [9.17, 15) is 0 Å². The number of benzene rings is 1. The molecule has 1 heterocycles. The summed E-state index contributed by atoms with van der Waals surface area (Å²) in [5.41, 5.74) is 2.48. The van der Waals surface area contributed by atoms with Crippen molar-refractivity contribution in [2.45, 2.75) is 19.9 Å². The van der Waals surface area contributed by atoms with Gasteiger partial charge in [0.05, 0.1) is 17.3 Å². The van der Waals surface area contributed by atoms with E-state index in [-0.39, 0.29) is 0 Å². The van der Waals surface area contributed by atoms with Gasteiger partial charge in [-0.25, -0.2) is 0 Å². The van der Waals surface area contributed by atoms with Gasteiger partial charge in [-0.3, -0.25) is 0 Å². The van der Waals surface area contributed by atoms with E-state index < -0.39 is 0 Å². The maximum atomic E-state index is 6.41. The third-order valence-electron chi connectivity index (χ3n) is 3.64. The number of rotatable bonds is 6. The van der Waals surface area contributed by atoms with Crippen LogP contribution in [-0.4, -0.2) is 33.4 Å². The van der Waals surface area contributed by atoms with E-state index in [1.165, 1.54) is 17.7 Å². The first kappa shape index (κ1) is 14.6. The van der Waals surface area contributed by atoms with Crippen LogP contribution in [0, 0.1) is 5.92 Å². The van der Waals surface area contributed by atoms with Gasteiger partial charge in [-0.2, -0.15) is 0 Å². The summed E-state index contributed by atoms with van der Waals surface area (Å²) in [6.45, 7) is 6.90. The lowest BCUT2D eigenvalue weighted by molar-refractivity contribution is 0.161. The Hall–Kier alpha value is -0.770. The molecule has 0 radical (unpaired) electrons. The fourth-order valence-electron chi connectivity index (χ4n) is 2.72. The molecule has 1 aliphatic rings. The maximum absolute atomic E-state index is 6.41. The van der Waals surface area contributed by atoms with Crippen LogP contribution in [-0.2, 0) is 11.3 Å². The normalized spacial score (nSPS) is 19.1. The Morgan fingerprint density at radius 1 is 1.47 bits per heavy atom. The van der Waals surface area contributed by atoms with Crippen LogP contribution in [0.3, 0.4) is 0 Å². The van der Waals surface area contributed by atoms with Crippen LogP contribution in [0.15, 0.2) is 18.2 Å². The molecule has 0 saturated carbocycles. The van der Waals surface area contributed by atoms with E-state index in [0.29, 0.717) is 5.92 Å². The van der Waals surface area contributed by atoms with Gasteiger partial charge in [-0.1, -0.05) is 30.7 Å². The summed E-state index contributed by atoms with van der Waals surface area (Å²) in [5.74, 6) is 0.619. The summed E-state index contributed by atoms with van der Waals surface area (Å²) in [5, 5.41) is 4.24. The second kappa shape index (κ2) is 7.13. The van der Waals surface area contributed by atoms with E-state index in [1.54, 1.807) is 7.11 Å². The predicted molar refractivity (Wildman–Crippen MR) is 81.0 cm³/mol. The van der Waals surface area contributed by atoms with E-state index in [4.69, 9.17) is 16.3 Å². The van der Waals surface area contributed by atoms with Crippen LogP contribution in [0.25, 0.3) is 0 Å². The topological polar surface area (TPSA) is 24.5 Å². The van der Waals surface area contributed by atoms with Gasteiger partial charge in [0, 0.05) is 32.7 Å². The number of halogens is 1. The van der Waals surface area contributed by atoms with E-state index in [2.05, 4.69) is 23.2 Å². The zero-order valence-electron chi connectivity index (χ0n) is 11.8. The van der Waals surface area contributed by atoms with Crippen molar-refractivity contribution in [1.29, 1.82) is 0 Å². The molecule has 1 aliphatic heterocycles. The van der Waals surface area contributed by atoms with Crippen LogP contribution in [0.2, 0.25) is 5.02 Å². The third-order valence-corrected chi connectivity index (χ3v) is 3.95. The molecule has 2 rings (SSSR count). The summed E-state index contributed by atoms with van der Waals surface area (Å²) in [6.07, 6.45) is 1.18. The van der Waals surface area contributed by atoms with E-state index in [1.807, 2.05) is 12.1 Å². The van der Waals surface area contributed by atoms with Gasteiger partial charge in [-0.15, -0.1) is 0 Å². The number of methoxy groups -OCH3 is 1. The third kappa shape index (κ3) is 3.62. The Balaban J connectivity index is 2.14. The molecule has 1 aromatic rings. The fourth-order valence-corrected chi connectivity index (χ4v) is 3.04. The van der Waals surface area contributed by atoms with E-state index >= 15 is 0 Å². The maximum Gasteiger partial charge on any atom is 0.0642 e. The van der Waals surface area contributed by atoms with Crippen LogP contribution in [0.4, 0.5) is 5.69 Å². The average Bonchev–Trinajstić information content (AvgIpc) is 2.85. The Kier molecular flexibility index (Phi) is 5.49. The molecule has 1 unspecified atom stereocenters. The monoisotopic (exact) mass is 282 g/mol. The number of anilines is 1. The van der Waals surface area contributed by atoms with Gasteiger partial charge in [0.2, 0.25) is 0 Å². The van der Waals surface area contributed by atoms with Gasteiger partial charge in [0.15, 0.2) is 0 Å². The van der Waals surface area contributed by atoms with Crippen LogP contribution in [0.1, 0.15) is 18.9 Å². The van der Waals surface area contributed by atoms with Crippen LogP contribution >= 0.6 is 11.6 Å². The number of hydrogen-bond donors (Lipinski definition) is 1. The first-order chi connectivity index (χ1) is 9.26. The summed E-state index contributed by atoms with van der Waals surface area (Å²) in [7, 11) is 1.77. The molecular weight excluding hydrogens is 260 g/mol. The van der Waals surface area contributed by atoms with Crippen LogP contribution < -0.4 is 10.2 Å². The molecule has 1 fully saturated rings. The first-order valence-corrected chi connectivity index (χ1v) is 7.36. The molecule has 1 saturated heterocycles. The number of hydrogen-bond acceptors (Lipinski definition) is 3. The highest BCUT2D eigenvalue weighted by atomic mass is 35.5. The smallest absolute Gasteiger partial charge is 0.0642 e. The Morgan fingerprint density at radius 2 is 2.32 bits per heavy atom. The molecule has 19 heavy (non-hydrogen) atoms. The van der Waals surface area contributed by atoms with Crippen molar-refractivity contribution in [3.8, 4) is 0 Å². The zero-order valence-corrected chi connectivity index (χ0v) is 12.5. The van der Waals surface area contributed by atoms with Crippen molar-refractivity contribution in [3.05, 3.63) is 28.8 Å². The second-order valence-corrected chi connectivity index (χ2v) is 5.49. The predicted octanol–water partition coefficient (Wildman–Crippen LogP) is 2.92. The summed E-state index contributed by atoms with van der Waals surface area (Å²) < 4.78 is 5.26. The minimum absolute atomic E-state index is 0.619.